The molecular formula is C18H15F2NO3. The van der Waals surface area contributed by atoms with Crippen molar-refractivity contribution < 1.29 is 23.1 Å². The molecule has 2 aromatic carbocycles. The van der Waals surface area contributed by atoms with Crippen LogP contribution in [0.25, 0.3) is 6.08 Å². The fraction of sp³-hybridized carbons (Fsp3) is 0.111. The second-order valence-electron chi connectivity index (χ2n) is 4.96. The molecule has 0 spiro atoms. The van der Waals surface area contributed by atoms with E-state index in [4.69, 9.17) is 4.74 Å². The Balaban J connectivity index is 1.88. The lowest BCUT2D eigenvalue weighted by atomic mass is 10.2. The average molecular weight is 331 g/mol. The molecule has 0 bridgehead atoms. The number of anilines is 1. The predicted octanol–water partition coefficient (Wildman–Crippen LogP) is 3.55. The first kappa shape index (κ1) is 17.3. The van der Waals surface area contributed by atoms with E-state index in [0.717, 1.165) is 6.08 Å². The van der Waals surface area contributed by atoms with Crippen LogP contribution < -0.4 is 5.32 Å². The van der Waals surface area contributed by atoms with Crippen LogP contribution in [-0.4, -0.2) is 18.0 Å². The van der Waals surface area contributed by atoms with Gasteiger partial charge in [0.15, 0.2) is 6.10 Å². The SMILES string of the molecule is C[C@@H](OC(=O)/C=C/c1cccc(F)c1)C(=O)Nc1ccc(F)cc1. The number of carbonyl (C=O) groups is 2. The molecule has 0 fully saturated rings. The summed E-state index contributed by atoms with van der Waals surface area (Å²) in [6, 6.07) is 10.9. The van der Waals surface area contributed by atoms with Gasteiger partial charge >= 0.3 is 5.97 Å². The van der Waals surface area contributed by atoms with Gasteiger partial charge in [-0.1, -0.05) is 12.1 Å². The minimum atomic E-state index is -1.04. The van der Waals surface area contributed by atoms with Crippen molar-refractivity contribution in [2.24, 2.45) is 0 Å². The lowest BCUT2D eigenvalue weighted by Crippen LogP contribution is -2.29. The van der Waals surface area contributed by atoms with Crippen molar-refractivity contribution in [2.75, 3.05) is 5.32 Å². The van der Waals surface area contributed by atoms with Crippen LogP contribution in [0.5, 0.6) is 0 Å². The third kappa shape index (κ3) is 5.31. The van der Waals surface area contributed by atoms with Crippen LogP contribution in [0.4, 0.5) is 14.5 Å². The second kappa shape index (κ2) is 8.01. The molecule has 0 aromatic heterocycles. The Bertz CT molecular complexity index is 757. The number of amides is 1. The Hall–Kier alpha value is -3.02. The van der Waals surface area contributed by atoms with Crippen molar-refractivity contribution in [3.8, 4) is 0 Å². The third-order valence-corrected chi connectivity index (χ3v) is 3.03. The summed E-state index contributed by atoms with van der Waals surface area (Å²) in [4.78, 5) is 23.6. The van der Waals surface area contributed by atoms with E-state index in [9.17, 15) is 18.4 Å². The van der Waals surface area contributed by atoms with Crippen LogP contribution in [0.2, 0.25) is 0 Å². The van der Waals surface area contributed by atoms with Crippen molar-refractivity contribution in [1.82, 2.24) is 0 Å². The molecule has 1 amide bonds. The summed E-state index contributed by atoms with van der Waals surface area (Å²) in [6.07, 6.45) is 1.45. The first-order valence-electron chi connectivity index (χ1n) is 7.15. The minimum Gasteiger partial charge on any atom is -0.449 e. The Labute approximate surface area is 137 Å². The summed E-state index contributed by atoms with van der Waals surface area (Å²) in [5.74, 6) is -2.12. The normalized spacial score (nSPS) is 12.0. The van der Waals surface area contributed by atoms with E-state index >= 15 is 0 Å². The summed E-state index contributed by atoms with van der Waals surface area (Å²) in [6.45, 7) is 1.41. The van der Waals surface area contributed by atoms with Crippen LogP contribution in [0, 0.1) is 11.6 Å². The fourth-order valence-electron chi connectivity index (χ4n) is 1.82. The maximum atomic E-state index is 13.0. The number of hydrogen-bond acceptors (Lipinski definition) is 3. The zero-order valence-corrected chi connectivity index (χ0v) is 12.8. The maximum Gasteiger partial charge on any atom is 0.331 e. The van der Waals surface area contributed by atoms with Crippen LogP contribution in [0.1, 0.15) is 12.5 Å². The number of carbonyl (C=O) groups excluding carboxylic acids is 2. The highest BCUT2D eigenvalue weighted by Gasteiger charge is 2.16. The lowest BCUT2D eigenvalue weighted by Gasteiger charge is -2.12. The Morgan fingerprint density at radius 2 is 1.79 bits per heavy atom. The van der Waals surface area contributed by atoms with E-state index in [2.05, 4.69) is 5.32 Å². The molecule has 2 rings (SSSR count). The molecule has 0 aliphatic rings. The molecule has 0 heterocycles. The summed E-state index contributed by atoms with van der Waals surface area (Å²) >= 11 is 0. The van der Waals surface area contributed by atoms with Crippen molar-refractivity contribution >= 4 is 23.6 Å². The van der Waals surface area contributed by atoms with Crippen molar-refractivity contribution in [1.29, 1.82) is 0 Å². The van der Waals surface area contributed by atoms with E-state index < -0.39 is 29.6 Å². The van der Waals surface area contributed by atoms with Gasteiger partial charge in [-0.3, -0.25) is 4.79 Å². The van der Waals surface area contributed by atoms with Gasteiger partial charge in [0.1, 0.15) is 11.6 Å². The molecule has 0 saturated heterocycles. The van der Waals surface area contributed by atoms with Gasteiger partial charge in [-0.25, -0.2) is 13.6 Å². The number of ether oxygens (including phenoxy) is 1. The van der Waals surface area contributed by atoms with Crippen LogP contribution in [-0.2, 0) is 14.3 Å². The molecule has 124 valence electrons. The monoisotopic (exact) mass is 331 g/mol. The Kier molecular flexibility index (Phi) is 5.78. The van der Waals surface area contributed by atoms with Crippen molar-refractivity contribution in [3.05, 3.63) is 71.8 Å². The number of hydrogen-bond donors (Lipinski definition) is 1. The largest absolute Gasteiger partial charge is 0.449 e. The van der Waals surface area contributed by atoms with E-state index in [1.54, 1.807) is 6.07 Å². The molecule has 0 unspecified atom stereocenters. The molecular weight excluding hydrogens is 316 g/mol. The Morgan fingerprint density at radius 3 is 2.46 bits per heavy atom. The number of benzene rings is 2. The summed E-state index contributed by atoms with van der Waals surface area (Å²) in [5, 5.41) is 2.50. The van der Waals surface area contributed by atoms with Crippen molar-refractivity contribution in [3.63, 3.8) is 0 Å². The number of esters is 1. The number of nitrogens with one attached hydrogen (secondary N) is 1. The highest BCUT2D eigenvalue weighted by Crippen LogP contribution is 2.10. The third-order valence-electron chi connectivity index (χ3n) is 3.03. The number of rotatable bonds is 5. The topological polar surface area (TPSA) is 55.4 Å². The van der Waals surface area contributed by atoms with Gasteiger partial charge in [0.25, 0.3) is 5.91 Å². The molecule has 0 aliphatic carbocycles. The second-order valence-corrected chi connectivity index (χ2v) is 4.96. The maximum absolute atomic E-state index is 13.0. The zero-order valence-electron chi connectivity index (χ0n) is 12.8. The molecule has 0 radical (unpaired) electrons. The van der Waals surface area contributed by atoms with Gasteiger partial charge in [-0.15, -0.1) is 0 Å². The van der Waals surface area contributed by atoms with E-state index in [-0.39, 0.29) is 0 Å². The van der Waals surface area contributed by atoms with Gasteiger partial charge in [-0.2, -0.15) is 0 Å². The van der Waals surface area contributed by atoms with Gasteiger partial charge in [0, 0.05) is 11.8 Å². The zero-order chi connectivity index (χ0) is 17.5. The smallest absolute Gasteiger partial charge is 0.331 e. The van der Waals surface area contributed by atoms with Gasteiger partial charge < -0.3 is 10.1 Å². The quantitative estimate of drug-likeness (QED) is 0.673. The van der Waals surface area contributed by atoms with Crippen LogP contribution >= 0.6 is 0 Å². The lowest BCUT2D eigenvalue weighted by molar-refractivity contribution is -0.148. The van der Waals surface area contributed by atoms with E-state index in [1.807, 2.05) is 0 Å². The minimum absolute atomic E-state index is 0.389. The number of halogens is 2. The fourth-order valence-corrected chi connectivity index (χ4v) is 1.82. The molecule has 24 heavy (non-hydrogen) atoms. The summed E-state index contributed by atoms with van der Waals surface area (Å²) in [7, 11) is 0. The first-order chi connectivity index (χ1) is 11.4. The van der Waals surface area contributed by atoms with Crippen LogP contribution in [0.15, 0.2) is 54.6 Å². The first-order valence-corrected chi connectivity index (χ1v) is 7.15. The highest BCUT2D eigenvalue weighted by molar-refractivity contribution is 5.96. The van der Waals surface area contributed by atoms with Gasteiger partial charge in [0.2, 0.25) is 0 Å². The molecule has 1 N–H and O–H groups in total. The highest BCUT2D eigenvalue weighted by atomic mass is 19.1. The van der Waals surface area contributed by atoms with Gasteiger partial charge in [0.05, 0.1) is 0 Å². The van der Waals surface area contributed by atoms with Gasteiger partial charge in [-0.05, 0) is 55.0 Å². The molecule has 2 aromatic rings. The standard InChI is InChI=1S/C18H15F2NO3/c1-12(18(23)21-16-8-6-14(19)7-9-16)24-17(22)10-5-13-3-2-4-15(20)11-13/h2-12H,1H3,(H,21,23)/b10-5+/t12-/m1/s1. The summed E-state index contributed by atoms with van der Waals surface area (Å²) < 4.78 is 30.8. The molecule has 0 aliphatic heterocycles. The van der Waals surface area contributed by atoms with Crippen molar-refractivity contribution in [2.45, 2.75) is 13.0 Å². The summed E-state index contributed by atoms with van der Waals surface area (Å²) in [5.41, 5.74) is 0.884. The van der Waals surface area contributed by atoms with Crippen LogP contribution in [0.3, 0.4) is 0 Å². The molecule has 4 nitrogen and oxygen atoms in total. The average Bonchev–Trinajstić information content (AvgIpc) is 2.55. The van der Waals surface area contributed by atoms with E-state index in [1.165, 1.54) is 55.5 Å². The molecule has 1 atom stereocenters. The Morgan fingerprint density at radius 1 is 1.08 bits per heavy atom. The van der Waals surface area contributed by atoms with E-state index in [0.29, 0.717) is 11.3 Å². The molecule has 0 saturated carbocycles. The predicted molar refractivity (Wildman–Crippen MR) is 86.0 cm³/mol. The molecule has 6 heteroatoms.